The Morgan fingerprint density at radius 1 is 1.41 bits per heavy atom. The number of nitrogens with zero attached hydrogens (tertiary/aromatic N) is 5. The number of fused-ring (bicyclic) bond motifs is 1. The summed E-state index contributed by atoms with van der Waals surface area (Å²) in [6, 6.07) is -0.996. The Hall–Kier alpha value is -3.90. The zero-order chi connectivity index (χ0) is 26.9. The number of rotatable bonds is 8. The van der Waals surface area contributed by atoms with Gasteiger partial charge in [0.05, 0.1) is 0 Å². The molecular weight excluding hydrogens is 548 g/mol. The molecule has 2 amide bonds. The van der Waals surface area contributed by atoms with Crippen LogP contribution in [0.2, 0.25) is 0 Å². The fourth-order valence-corrected chi connectivity index (χ4v) is 5.98. The average Bonchev–Trinajstić information content (AvgIpc) is 3.30. The summed E-state index contributed by atoms with van der Waals surface area (Å²) < 4.78 is 1.05. The molecule has 194 valence electrons. The van der Waals surface area contributed by atoms with E-state index < -0.39 is 40.3 Å². The molecule has 0 bridgehead atoms. The van der Waals surface area contributed by atoms with Crippen molar-refractivity contribution in [2.75, 3.05) is 18.6 Å². The molecule has 0 spiro atoms. The molecule has 2 unspecified atom stereocenters. The van der Waals surface area contributed by atoms with Gasteiger partial charge in [-0.2, -0.15) is 0 Å². The van der Waals surface area contributed by atoms with Crippen molar-refractivity contribution in [1.82, 2.24) is 30.0 Å². The normalized spacial score (nSPS) is 19.6. The number of carboxylic acids is 1. The lowest BCUT2D eigenvalue weighted by Gasteiger charge is -2.49. The predicted molar refractivity (Wildman–Crippen MR) is 135 cm³/mol. The van der Waals surface area contributed by atoms with Gasteiger partial charge in [-0.05, 0) is 17.1 Å². The Balaban J connectivity index is 1.51. The maximum atomic E-state index is 12.9. The van der Waals surface area contributed by atoms with E-state index >= 15 is 0 Å². The van der Waals surface area contributed by atoms with E-state index in [2.05, 4.69) is 25.7 Å². The Bertz CT molecular complexity index is 1490. The summed E-state index contributed by atoms with van der Waals surface area (Å²) in [6.07, 6.45) is 1.49. The first-order valence-electron chi connectivity index (χ1n) is 10.2. The number of carbonyl (C=O) groups excluding carboxylic acids is 2. The number of aromatic nitrogens is 4. The van der Waals surface area contributed by atoms with Crippen molar-refractivity contribution in [2.45, 2.75) is 16.6 Å². The number of thiazole rings is 1. The van der Waals surface area contributed by atoms with E-state index in [0.717, 1.165) is 32.6 Å². The number of aromatic amines is 1. The first-order chi connectivity index (χ1) is 17.6. The number of oxime groups is 1. The smallest absolute Gasteiger partial charge is 0.352 e. The summed E-state index contributed by atoms with van der Waals surface area (Å²) in [7, 11) is 2.63. The van der Waals surface area contributed by atoms with Crippen LogP contribution in [0.15, 0.2) is 48.0 Å². The second-order valence-electron chi connectivity index (χ2n) is 7.35. The minimum Gasteiger partial charge on any atom is -0.477 e. The van der Waals surface area contributed by atoms with E-state index in [1.165, 1.54) is 42.8 Å². The third kappa shape index (κ3) is 5.02. The number of nitrogen functional groups attached to an aromatic ring is 1. The topological polar surface area (TPSA) is 215 Å². The maximum absolute atomic E-state index is 12.9. The SMILES string of the molecule is CO/N=C(\C(=O)NC1C(=O)N2C(C(=O)O)=C(/C=C/Sc3n[nH]c(=O)c(=O)n3C)CSC12)c1csc(N)n1. The molecule has 0 aromatic carbocycles. The van der Waals surface area contributed by atoms with Crippen molar-refractivity contribution >= 4 is 63.5 Å². The van der Waals surface area contributed by atoms with Gasteiger partial charge in [0.1, 0.15) is 29.9 Å². The number of hydrogen-bond donors (Lipinski definition) is 4. The highest BCUT2D eigenvalue weighted by Crippen LogP contribution is 2.41. The second-order valence-corrected chi connectivity index (χ2v) is 10.2. The van der Waals surface area contributed by atoms with Crippen molar-refractivity contribution in [3.8, 4) is 0 Å². The van der Waals surface area contributed by atoms with E-state index in [1.807, 2.05) is 0 Å². The summed E-state index contributed by atoms with van der Waals surface area (Å²) in [5, 5.41) is 24.7. The number of anilines is 1. The summed E-state index contributed by atoms with van der Waals surface area (Å²) in [6.45, 7) is 0. The van der Waals surface area contributed by atoms with Crippen LogP contribution in [0.25, 0.3) is 0 Å². The van der Waals surface area contributed by atoms with Crippen LogP contribution in [0, 0.1) is 0 Å². The Morgan fingerprint density at radius 3 is 2.81 bits per heavy atom. The molecule has 2 atom stereocenters. The van der Waals surface area contributed by atoms with Crippen LogP contribution in [0.1, 0.15) is 5.69 Å². The Labute approximate surface area is 219 Å². The highest BCUT2D eigenvalue weighted by atomic mass is 32.2. The third-order valence-corrected chi connectivity index (χ3v) is 7.95. The molecule has 1 fully saturated rings. The van der Waals surface area contributed by atoms with Gasteiger partial charge in [-0.3, -0.25) is 28.6 Å². The van der Waals surface area contributed by atoms with E-state index in [-0.39, 0.29) is 33.1 Å². The third-order valence-electron chi connectivity index (χ3n) is 5.13. The molecule has 1 saturated heterocycles. The molecular formula is C19H18N8O7S3. The first kappa shape index (κ1) is 26.2. The highest BCUT2D eigenvalue weighted by molar-refractivity contribution is 8.02. The molecule has 2 aliphatic rings. The molecule has 2 aliphatic heterocycles. The van der Waals surface area contributed by atoms with Crippen LogP contribution in [-0.4, -0.2) is 77.5 Å². The van der Waals surface area contributed by atoms with Crippen molar-refractivity contribution in [3.63, 3.8) is 0 Å². The van der Waals surface area contributed by atoms with Gasteiger partial charge in [0.25, 0.3) is 11.8 Å². The van der Waals surface area contributed by atoms with Crippen molar-refractivity contribution in [2.24, 2.45) is 12.2 Å². The number of amides is 2. The summed E-state index contributed by atoms with van der Waals surface area (Å²) in [5.74, 6) is -2.44. The molecule has 4 rings (SSSR count). The van der Waals surface area contributed by atoms with Crippen LogP contribution in [0.5, 0.6) is 0 Å². The molecule has 5 N–H and O–H groups in total. The molecule has 15 nitrogen and oxygen atoms in total. The van der Waals surface area contributed by atoms with E-state index in [1.54, 1.807) is 0 Å². The second kappa shape index (κ2) is 10.6. The minimum atomic E-state index is -1.32. The number of carbonyl (C=O) groups is 3. The first-order valence-corrected chi connectivity index (χ1v) is 13.0. The maximum Gasteiger partial charge on any atom is 0.352 e. The van der Waals surface area contributed by atoms with E-state index in [9.17, 15) is 29.1 Å². The molecule has 18 heteroatoms. The van der Waals surface area contributed by atoms with E-state index in [4.69, 9.17) is 10.6 Å². The minimum absolute atomic E-state index is 0.173. The lowest BCUT2D eigenvalue weighted by atomic mass is 10.0. The van der Waals surface area contributed by atoms with Crippen molar-refractivity contribution < 1.29 is 24.3 Å². The lowest BCUT2D eigenvalue weighted by molar-refractivity contribution is -0.150. The average molecular weight is 567 g/mol. The number of hydrogen-bond acceptors (Lipinski definition) is 13. The van der Waals surface area contributed by atoms with Crippen LogP contribution in [-0.2, 0) is 26.3 Å². The number of nitrogens with two attached hydrogens (primary N) is 1. The van der Waals surface area contributed by atoms with Crippen LogP contribution in [0.4, 0.5) is 5.13 Å². The van der Waals surface area contributed by atoms with Gasteiger partial charge in [0.15, 0.2) is 16.0 Å². The van der Waals surface area contributed by atoms with Gasteiger partial charge in [-0.15, -0.1) is 28.2 Å². The van der Waals surface area contributed by atoms with Gasteiger partial charge in [-0.1, -0.05) is 16.9 Å². The summed E-state index contributed by atoms with van der Waals surface area (Å²) in [4.78, 5) is 70.7. The van der Waals surface area contributed by atoms with Gasteiger partial charge < -0.3 is 21.0 Å². The largest absolute Gasteiger partial charge is 0.477 e. The van der Waals surface area contributed by atoms with Gasteiger partial charge in [0, 0.05) is 18.2 Å². The monoisotopic (exact) mass is 566 g/mol. The summed E-state index contributed by atoms with van der Waals surface area (Å²) >= 11 is 3.34. The van der Waals surface area contributed by atoms with Gasteiger partial charge in [-0.25, -0.2) is 14.9 Å². The molecule has 37 heavy (non-hydrogen) atoms. The predicted octanol–water partition coefficient (Wildman–Crippen LogP) is -1.10. The number of H-pyrrole nitrogens is 1. The molecule has 2 aromatic rings. The molecule has 2 aromatic heterocycles. The van der Waals surface area contributed by atoms with Crippen LogP contribution < -0.4 is 22.2 Å². The number of aliphatic carboxylic acids is 1. The fourth-order valence-electron chi connectivity index (χ4n) is 3.42. The molecule has 0 saturated carbocycles. The van der Waals surface area contributed by atoms with Crippen LogP contribution >= 0.6 is 34.9 Å². The number of nitrogens with one attached hydrogen (secondary N) is 2. The summed E-state index contributed by atoms with van der Waals surface area (Å²) in [5.41, 5.74) is 4.08. The molecule has 4 heterocycles. The Morgan fingerprint density at radius 2 is 2.16 bits per heavy atom. The quantitative estimate of drug-likeness (QED) is 0.0985. The fraction of sp³-hybridized carbons (Fsp3) is 0.263. The van der Waals surface area contributed by atoms with Crippen molar-refractivity contribution in [3.05, 3.63) is 54.5 Å². The molecule has 0 aliphatic carbocycles. The standard InChI is InChI=1S/C19H18N8O7S3/c1-26-15(31)13(29)23-24-19(26)35-4-3-7-5-36-16-10(14(30)27(16)11(7)17(32)33)22-12(28)9(25-34-2)8-6-37-18(20)21-8/h3-4,6,10,16H,5H2,1-2H3,(H2,20,21)(H,22,28)(H,23,29)(H,32,33)/b4-3+,25-9-. The zero-order valence-electron chi connectivity index (χ0n) is 19.0. The molecule has 0 radical (unpaired) electrons. The number of thioether (sulfide) groups is 2. The van der Waals surface area contributed by atoms with Crippen molar-refractivity contribution in [1.29, 1.82) is 0 Å². The Kier molecular flexibility index (Phi) is 7.50. The number of β-lactam (4-membered cyclic amide) rings is 1. The highest BCUT2D eigenvalue weighted by Gasteiger charge is 2.54. The zero-order valence-corrected chi connectivity index (χ0v) is 21.5. The van der Waals surface area contributed by atoms with Gasteiger partial charge >= 0.3 is 17.1 Å². The lowest BCUT2D eigenvalue weighted by Crippen LogP contribution is -2.71. The van der Waals surface area contributed by atoms with Gasteiger partial charge in [0.2, 0.25) is 0 Å². The number of allylic oxidation sites excluding steroid dienone is 1. The van der Waals surface area contributed by atoms with Crippen LogP contribution in [0.3, 0.4) is 0 Å². The van der Waals surface area contributed by atoms with E-state index in [0.29, 0.717) is 5.57 Å². The number of carboxylic acid groups (broad SMARTS) is 1.